The van der Waals surface area contributed by atoms with E-state index in [1.165, 1.54) is 16.7 Å². The lowest BCUT2D eigenvalue weighted by Crippen LogP contribution is -2.04. The average molecular weight is 286 g/mol. The van der Waals surface area contributed by atoms with Gasteiger partial charge in [-0.15, -0.1) is 0 Å². The highest BCUT2D eigenvalue weighted by atomic mass is 16.3. The van der Waals surface area contributed by atoms with Crippen LogP contribution in [0, 0.1) is 0 Å². The van der Waals surface area contributed by atoms with Gasteiger partial charge in [0.15, 0.2) is 0 Å². The van der Waals surface area contributed by atoms with Crippen molar-refractivity contribution in [3.8, 4) is 0 Å². The number of benzene rings is 2. The van der Waals surface area contributed by atoms with E-state index in [2.05, 4.69) is 72.8 Å². The first-order valence-electron chi connectivity index (χ1n) is 7.76. The highest BCUT2D eigenvalue weighted by Crippen LogP contribution is 2.47. The molecule has 0 spiro atoms. The van der Waals surface area contributed by atoms with Crippen LogP contribution in [0.2, 0.25) is 0 Å². The first-order valence-corrected chi connectivity index (χ1v) is 7.76. The molecule has 0 fully saturated rings. The van der Waals surface area contributed by atoms with E-state index in [1.54, 1.807) is 6.26 Å². The number of furan rings is 1. The molecular formula is C21H18O. The summed E-state index contributed by atoms with van der Waals surface area (Å²) in [5, 5.41) is 0. The van der Waals surface area contributed by atoms with E-state index in [1.807, 2.05) is 6.07 Å². The van der Waals surface area contributed by atoms with Crippen molar-refractivity contribution in [3.05, 3.63) is 102 Å². The lowest BCUT2D eigenvalue weighted by atomic mass is 9.86. The summed E-state index contributed by atoms with van der Waals surface area (Å²) < 4.78 is 5.71. The van der Waals surface area contributed by atoms with Crippen molar-refractivity contribution in [2.24, 2.45) is 0 Å². The molecule has 0 unspecified atom stereocenters. The minimum Gasteiger partial charge on any atom is -0.469 e. The predicted octanol–water partition coefficient (Wildman–Crippen LogP) is 5.63. The summed E-state index contributed by atoms with van der Waals surface area (Å²) in [5.74, 6) is 1.81. The van der Waals surface area contributed by atoms with Gasteiger partial charge in [0.05, 0.1) is 6.26 Å². The fourth-order valence-electron chi connectivity index (χ4n) is 3.42. The SMILES string of the molecule is C1=C(c2ccccc2)C[C@@H](c2ccccc2)[C@@H]1c1ccco1. The molecule has 2 atom stereocenters. The maximum Gasteiger partial charge on any atom is 0.111 e. The second-order valence-electron chi connectivity index (χ2n) is 5.82. The average Bonchev–Trinajstić information content (AvgIpc) is 3.26. The molecule has 0 bridgehead atoms. The molecule has 0 radical (unpaired) electrons. The molecule has 0 N–H and O–H groups in total. The second-order valence-corrected chi connectivity index (χ2v) is 5.82. The van der Waals surface area contributed by atoms with Crippen molar-refractivity contribution < 1.29 is 4.42 Å². The Bertz CT molecular complexity index is 754. The van der Waals surface area contributed by atoms with Crippen molar-refractivity contribution in [1.82, 2.24) is 0 Å². The maximum absolute atomic E-state index is 5.71. The molecule has 0 saturated heterocycles. The van der Waals surface area contributed by atoms with E-state index < -0.39 is 0 Å². The minimum atomic E-state index is 0.313. The van der Waals surface area contributed by atoms with E-state index in [-0.39, 0.29) is 0 Å². The van der Waals surface area contributed by atoms with Crippen molar-refractivity contribution in [2.75, 3.05) is 0 Å². The summed E-state index contributed by atoms with van der Waals surface area (Å²) in [7, 11) is 0. The first kappa shape index (κ1) is 13.1. The maximum atomic E-state index is 5.71. The molecule has 4 rings (SSSR count). The van der Waals surface area contributed by atoms with Gasteiger partial charge in [0.25, 0.3) is 0 Å². The molecule has 1 heteroatoms. The molecule has 0 saturated carbocycles. The normalized spacial score (nSPS) is 20.8. The van der Waals surface area contributed by atoms with Crippen molar-refractivity contribution in [2.45, 2.75) is 18.3 Å². The monoisotopic (exact) mass is 286 g/mol. The number of hydrogen-bond donors (Lipinski definition) is 0. The standard InChI is InChI=1S/C21H18O/c1-3-8-16(9-4-1)18-14-19(17-10-5-2-6-11-17)20(15-18)21-12-7-13-22-21/h1-13,15,19-20H,14H2/t19-,20+/m0/s1. The summed E-state index contributed by atoms with van der Waals surface area (Å²) in [6.07, 6.45) is 5.21. The Hall–Kier alpha value is -2.54. The molecule has 108 valence electrons. The third-order valence-electron chi connectivity index (χ3n) is 4.50. The fourth-order valence-corrected chi connectivity index (χ4v) is 3.42. The Kier molecular flexibility index (Phi) is 3.40. The summed E-state index contributed by atoms with van der Waals surface area (Å²) in [6, 6.07) is 25.5. The smallest absolute Gasteiger partial charge is 0.111 e. The minimum absolute atomic E-state index is 0.313. The molecule has 3 aromatic rings. The van der Waals surface area contributed by atoms with Gasteiger partial charge in [-0.05, 0) is 35.3 Å². The quantitative estimate of drug-likeness (QED) is 0.607. The van der Waals surface area contributed by atoms with E-state index in [0.29, 0.717) is 11.8 Å². The summed E-state index contributed by atoms with van der Waals surface area (Å²) in [6.45, 7) is 0. The predicted molar refractivity (Wildman–Crippen MR) is 89.7 cm³/mol. The van der Waals surface area contributed by atoms with Gasteiger partial charge in [0, 0.05) is 11.8 Å². The Labute approximate surface area is 130 Å². The molecule has 1 nitrogen and oxygen atoms in total. The highest BCUT2D eigenvalue weighted by Gasteiger charge is 2.32. The first-order chi connectivity index (χ1) is 10.9. The number of hydrogen-bond acceptors (Lipinski definition) is 1. The van der Waals surface area contributed by atoms with E-state index >= 15 is 0 Å². The van der Waals surface area contributed by atoms with Gasteiger partial charge in [-0.2, -0.15) is 0 Å². The zero-order chi connectivity index (χ0) is 14.8. The van der Waals surface area contributed by atoms with Gasteiger partial charge in [0.2, 0.25) is 0 Å². The van der Waals surface area contributed by atoms with Crippen LogP contribution >= 0.6 is 0 Å². The van der Waals surface area contributed by atoms with Crippen molar-refractivity contribution in [1.29, 1.82) is 0 Å². The van der Waals surface area contributed by atoms with Crippen LogP contribution in [-0.4, -0.2) is 0 Å². The zero-order valence-corrected chi connectivity index (χ0v) is 12.4. The van der Waals surface area contributed by atoms with Gasteiger partial charge in [-0.25, -0.2) is 0 Å². The zero-order valence-electron chi connectivity index (χ0n) is 12.4. The third kappa shape index (κ3) is 2.39. The van der Waals surface area contributed by atoms with Crippen LogP contribution in [0.15, 0.2) is 89.6 Å². The Morgan fingerprint density at radius 1 is 0.773 bits per heavy atom. The van der Waals surface area contributed by atoms with Crippen LogP contribution in [0.4, 0.5) is 0 Å². The van der Waals surface area contributed by atoms with Gasteiger partial charge >= 0.3 is 0 Å². The fraction of sp³-hybridized carbons (Fsp3) is 0.143. The lowest BCUT2D eigenvalue weighted by molar-refractivity contribution is 0.467. The Morgan fingerprint density at radius 2 is 1.50 bits per heavy atom. The Morgan fingerprint density at radius 3 is 2.18 bits per heavy atom. The largest absolute Gasteiger partial charge is 0.469 e. The van der Waals surface area contributed by atoms with Crippen LogP contribution < -0.4 is 0 Å². The Balaban J connectivity index is 1.74. The van der Waals surface area contributed by atoms with Crippen LogP contribution in [0.1, 0.15) is 35.1 Å². The molecule has 1 heterocycles. The van der Waals surface area contributed by atoms with E-state index in [0.717, 1.165) is 12.2 Å². The molecule has 1 aliphatic rings. The van der Waals surface area contributed by atoms with Gasteiger partial charge in [-0.1, -0.05) is 66.7 Å². The summed E-state index contributed by atoms with van der Waals surface area (Å²) >= 11 is 0. The van der Waals surface area contributed by atoms with Gasteiger partial charge in [-0.3, -0.25) is 0 Å². The van der Waals surface area contributed by atoms with Crippen LogP contribution in [0.25, 0.3) is 5.57 Å². The van der Waals surface area contributed by atoms with Crippen LogP contribution in [0.5, 0.6) is 0 Å². The number of rotatable bonds is 3. The van der Waals surface area contributed by atoms with Crippen LogP contribution in [-0.2, 0) is 0 Å². The summed E-state index contributed by atoms with van der Waals surface area (Å²) in [5.41, 5.74) is 4.11. The van der Waals surface area contributed by atoms with Crippen LogP contribution in [0.3, 0.4) is 0 Å². The van der Waals surface area contributed by atoms with Crippen molar-refractivity contribution >= 4 is 5.57 Å². The van der Waals surface area contributed by atoms with Gasteiger partial charge < -0.3 is 4.42 Å². The third-order valence-corrected chi connectivity index (χ3v) is 4.50. The number of allylic oxidation sites excluding steroid dienone is 2. The van der Waals surface area contributed by atoms with Gasteiger partial charge in [0.1, 0.15) is 5.76 Å². The second kappa shape index (κ2) is 5.69. The molecule has 1 aromatic heterocycles. The molecule has 22 heavy (non-hydrogen) atoms. The van der Waals surface area contributed by atoms with Crippen molar-refractivity contribution in [3.63, 3.8) is 0 Å². The molecule has 0 amide bonds. The lowest BCUT2D eigenvalue weighted by Gasteiger charge is -2.18. The van der Waals surface area contributed by atoms with E-state index in [9.17, 15) is 0 Å². The molecular weight excluding hydrogens is 268 g/mol. The van der Waals surface area contributed by atoms with E-state index in [4.69, 9.17) is 4.42 Å². The molecule has 1 aliphatic carbocycles. The topological polar surface area (TPSA) is 13.1 Å². The summed E-state index contributed by atoms with van der Waals surface area (Å²) in [4.78, 5) is 0. The highest BCUT2D eigenvalue weighted by molar-refractivity contribution is 5.70. The molecule has 2 aromatic carbocycles. The molecule has 0 aliphatic heterocycles.